The summed E-state index contributed by atoms with van der Waals surface area (Å²) in [7, 11) is 0. The Hall–Kier alpha value is -2.13. The molecule has 3 amide bonds. The third-order valence-electron chi connectivity index (χ3n) is 9.67. The van der Waals surface area contributed by atoms with Crippen LogP contribution in [0.1, 0.15) is 111 Å². The molecule has 2 saturated heterocycles. The number of thioether (sulfide) groups is 1. The van der Waals surface area contributed by atoms with Gasteiger partial charge in [-0.1, -0.05) is 26.2 Å². The fraction of sp³-hybridized carbons (Fsp3) is 0.838. The number of carbonyl (C=O) groups is 4. The van der Waals surface area contributed by atoms with Gasteiger partial charge in [0.05, 0.1) is 38.0 Å². The highest BCUT2D eigenvalue weighted by Crippen LogP contribution is 2.39. The number of carbonyl (C=O) groups excluding carboxylic acids is 4. The first-order valence-corrected chi connectivity index (χ1v) is 19.5. The van der Waals surface area contributed by atoms with Crippen LogP contribution in [-0.2, 0) is 28.6 Å². The fourth-order valence-electron chi connectivity index (χ4n) is 6.43. The fourth-order valence-corrected chi connectivity index (χ4v) is 8.13. The second-order valence-electron chi connectivity index (χ2n) is 13.9. The van der Waals surface area contributed by atoms with Crippen molar-refractivity contribution >= 4 is 35.3 Å². The summed E-state index contributed by atoms with van der Waals surface area (Å²) in [6, 6.07) is 0.132. The summed E-state index contributed by atoms with van der Waals surface area (Å²) in [5.41, 5.74) is -0.135. The average Bonchev–Trinajstić information content (AvgIpc) is 3.52. The maximum Gasteiger partial charge on any atom is 0.315 e. The average molecular weight is 692 g/mol. The Morgan fingerprint density at radius 2 is 1.42 bits per heavy atom. The van der Waals surface area contributed by atoms with Crippen LogP contribution in [0, 0.1) is 23.7 Å². The monoisotopic (exact) mass is 691 g/mol. The van der Waals surface area contributed by atoms with Crippen LogP contribution in [0.4, 0.5) is 4.79 Å². The summed E-state index contributed by atoms with van der Waals surface area (Å²) in [6.07, 6.45) is 10.3. The number of nitrogens with one attached hydrogen (secondary N) is 2. The van der Waals surface area contributed by atoms with Gasteiger partial charge in [0.2, 0.25) is 5.91 Å². The van der Waals surface area contributed by atoms with Crippen molar-refractivity contribution in [2.45, 2.75) is 127 Å². The molecule has 3 aliphatic rings. The van der Waals surface area contributed by atoms with Crippen LogP contribution >= 0.6 is 11.8 Å². The first kappa shape index (κ1) is 40.3. The van der Waals surface area contributed by atoms with Crippen molar-refractivity contribution in [1.29, 1.82) is 0 Å². The lowest BCUT2D eigenvalue weighted by molar-refractivity contribution is -0.132. The third-order valence-corrected chi connectivity index (χ3v) is 11.4. The number of hydrogen-bond donors (Lipinski definition) is 2. The van der Waals surface area contributed by atoms with Crippen LogP contribution in [0.2, 0.25) is 0 Å². The molecule has 3 heterocycles. The molecule has 0 aromatic carbocycles. The van der Waals surface area contributed by atoms with E-state index in [4.69, 9.17) is 14.2 Å². The van der Waals surface area contributed by atoms with Crippen molar-refractivity contribution in [3.05, 3.63) is 0 Å². The smallest absolute Gasteiger partial charge is 0.315 e. The Balaban J connectivity index is 1.02. The molecule has 48 heavy (non-hydrogen) atoms. The Morgan fingerprint density at radius 1 is 0.833 bits per heavy atom. The SMILES string of the molecule is C[C@H]1C#CCCN(C(=O)CCCC(=O)CCCCOCCOCCOCCCCC(=O)CCCC[C@@H]2SC[C@]3(C)NC(=O)N[C@H]23)C[C@@H]1C. The minimum Gasteiger partial charge on any atom is -0.379 e. The lowest BCUT2D eigenvalue weighted by atomic mass is 9.92. The van der Waals surface area contributed by atoms with E-state index < -0.39 is 0 Å². The highest BCUT2D eigenvalue weighted by atomic mass is 32.2. The summed E-state index contributed by atoms with van der Waals surface area (Å²) >= 11 is 1.92. The predicted molar refractivity (Wildman–Crippen MR) is 190 cm³/mol. The molecule has 0 unspecified atom stereocenters. The first-order chi connectivity index (χ1) is 23.2. The molecular formula is C37H61N3O7S. The van der Waals surface area contributed by atoms with Gasteiger partial charge in [-0.25, -0.2) is 4.79 Å². The number of nitrogens with zero attached hydrogens (tertiary/aromatic N) is 1. The summed E-state index contributed by atoms with van der Waals surface area (Å²) in [6.45, 7) is 11.1. The maximum atomic E-state index is 12.6. The van der Waals surface area contributed by atoms with E-state index in [9.17, 15) is 19.2 Å². The van der Waals surface area contributed by atoms with Crippen LogP contribution in [0.3, 0.4) is 0 Å². The molecule has 0 aliphatic carbocycles. The van der Waals surface area contributed by atoms with E-state index in [0.717, 1.165) is 63.7 Å². The zero-order valence-corrected chi connectivity index (χ0v) is 30.6. The van der Waals surface area contributed by atoms with Crippen LogP contribution < -0.4 is 10.6 Å². The number of ether oxygens (including phenoxy) is 3. The van der Waals surface area contributed by atoms with Gasteiger partial charge < -0.3 is 29.7 Å². The van der Waals surface area contributed by atoms with Gasteiger partial charge in [-0.15, -0.1) is 5.92 Å². The summed E-state index contributed by atoms with van der Waals surface area (Å²) in [4.78, 5) is 50.7. The number of amides is 3. The second-order valence-corrected chi connectivity index (χ2v) is 15.2. The molecule has 0 aromatic rings. The summed E-state index contributed by atoms with van der Waals surface area (Å²) in [5.74, 6) is 8.71. The van der Waals surface area contributed by atoms with Gasteiger partial charge >= 0.3 is 6.03 Å². The van der Waals surface area contributed by atoms with Gasteiger partial charge in [-0.3, -0.25) is 14.4 Å². The quantitative estimate of drug-likeness (QED) is 0.0751. The van der Waals surface area contributed by atoms with Crippen molar-refractivity contribution in [3.8, 4) is 11.8 Å². The van der Waals surface area contributed by atoms with E-state index >= 15 is 0 Å². The lowest BCUT2D eigenvalue weighted by Crippen LogP contribution is -2.47. The van der Waals surface area contributed by atoms with E-state index in [1.807, 2.05) is 16.7 Å². The zero-order valence-electron chi connectivity index (χ0n) is 29.8. The minimum atomic E-state index is -0.135. The van der Waals surface area contributed by atoms with Crippen LogP contribution in [-0.4, -0.2) is 104 Å². The third kappa shape index (κ3) is 15.2. The van der Waals surface area contributed by atoms with E-state index in [2.05, 4.69) is 43.2 Å². The van der Waals surface area contributed by atoms with Crippen molar-refractivity contribution in [2.75, 3.05) is 58.5 Å². The second kappa shape index (κ2) is 22.6. The normalized spacial score (nSPS) is 25.0. The molecule has 3 rings (SSSR count). The van der Waals surface area contributed by atoms with Crippen LogP contribution in [0.5, 0.6) is 0 Å². The zero-order chi connectivity index (χ0) is 34.6. The molecule has 10 nitrogen and oxygen atoms in total. The molecule has 11 heteroatoms. The molecule has 2 fully saturated rings. The molecule has 5 atom stereocenters. The molecule has 2 N–H and O–H groups in total. The molecule has 272 valence electrons. The lowest BCUT2D eigenvalue weighted by Gasteiger charge is -2.28. The number of fused-ring (bicyclic) bond motifs is 1. The molecule has 0 spiro atoms. The van der Waals surface area contributed by atoms with E-state index in [1.54, 1.807) is 0 Å². The van der Waals surface area contributed by atoms with Crippen molar-refractivity contribution in [1.82, 2.24) is 15.5 Å². The topological polar surface area (TPSA) is 123 Å². The Labute approximate surface area is 293 Å². The number of ketones is 2. The van der Waals surface area contributed by atoms with E-state index in [1.165, 1.54) is 0 Å². The van der Waals surface area contributed by atoms with E-state index in [-0.39, 0.29) is 29.3 Å². The minimum absolute atomic E-state index is 0.0581. The van der Waals surface area contributed by atoms with Crippen LogP contribution in [0.15, 0.2) is 0 Å². The van der Waals surface area contributed by atoms with Gasteiger partial charge in [-0.05, 0) is 57.8 Å². The molecular weight excluding hydrogens is 630 g/mol. The van der Waals surface area contributed by atoms with Crippen molar-refractivity contribution in [3.63, 3.8) is 0 Å². The van der Waals surface area contributed by atoms with E-state index in [0.29, 0.717) is 108 Å². The number of hydrogen-bond acceptors (Lipinski definition) is 8. The van der Waals surface area contributed by atoms with Crippen molar-refractivity contribution in [2.24, 2.45) is 11.8 Å². The highest BCUT2D eigenvalue weighted by Gasteiger charge is 2.51. The first-order valence-electron chi connectivity index (χ1n) is 18.4. The standard InChI is InChI=1S/C37H61N3O7S/c1-29-13-6-9-20-40(27-30(29)2)34(43)19-12-17-32(42)16-8-11-22-46-24-26-47-25-23-45-21-10-7-15-31(41)14-4-5-18-33-35-37(3,28-48-33)39-36(44)38-35/h29-30,33,35H,4-5,7-12,14-28H2,1-3H3,(H2,38,39,44)/t29-,30-,33-,35+,37-/m0/s1. The Morgan fingerprint density at radius 3 is 2.06 bits per heavy atom. The predicted octanol–water partition coefficient (Wildman–Crippen LogP) is 5.31. The van der Waals surface area contributed by atoms with Crippen LogP contribution in [0.25, 0.3) is 0 Å². The molecule has 0 saturated carbocycles. The number of Topliss-reactive ketones (excluding diaryl/α,β-unsaturated/α-hetero) is 2. The number of urea groups is 1. The number of unbranched alkanes of at least 4 members (excludes halogenated alkanes) is 3. The Kier molecular flexibility index (Phi) is 18.9. The largest absolute Gasteiger partial charge is 0.379 e. The molecule has 3 aliphatic heterocycles. The Bertz CT molecular complexity index is 1080. The van der Waals surface area contributed by atoms with Gasteiger partial charge in [0, 0.05) is 81.7 Å². The molecule has 0 bridgehead atoms. The highest BCUT2D eigenvalue weighted by molar-refractivity contribution is 8.00. The molecule has 0 aromatic heterocycles. The molecule has 0 radical (unpaired) electrons. The van der Waals surface area contributed by atoms with Gasteiger partial charge in [0.25, 0.3) is 0 Å². The van der Waals surface area contributed by atoms with Gasteiger partial charge in [0.1, 0.15) is 11.6 Å². The summed E-state index contributed by atoms with van der Waals surface area (Å²) in [5, 5.41) is 6.54. The van der Waals surface area contributed by atoms with Gasteiger partial charge in [0.15, 0.2) is 0 Å². The summed E-state index contributed by atoms with van der Waals surface area (Å²) < 4.78 is 16.8. The van der Waals surface area contributed by atoms with Gasteiger partial charge in [-0.2, -0.15) is 11.8 Å². The van der Waals surface area contributed by atoms with Crippen molar-refractivity contribution < 1.29 is 33.4 Å². The maximum absolute atomic E-state index is 12.6. The number of rotatable bonds is 25.